The highest BCUT2D eigenvalue weighted by Gasteiger charge is 2.25. The second-order valence-corrected chi connectivity index (χ2v) is 10.4. The van der Waals surface area contributed by atoms with E-state index >= 15 is 0 Å². The second-order valence-electron chi connectivity index (χ2n) is 8.45. The third-order valence-corrected chi connectivity index (χ3v) is 7.45. The zero-order valence-corrected chi connectivity index (χ0v) is 19.3. The van der Waals surface area contributed by atoms with Crippen LogP contribution >= 0.6 is 0 Å². The molecule has 1 fully saturated rings. The molecule has 8 heteroatoms. The van der Waals surface area contributed by atoms with Crippen molar-refractivity contribution in [1.82, 2.24) is 14.1 Å². The van der Waals surface area contributed by atoms with Gasteiger partial charge in [0, 0.05) is 37.4 Å². The molecule has 1 amide bonds. The largest absolute Gasteiger partial charge is 0.325 e. The summed E-state index contributed by atoms with van der Waals surface area (Å²) < 4.78 is 26.5. The molecule has 0 spiro atoms. The molecule has 1 aromatic carbocycles. The van der Waals surface area contributed by atoms with Crippen LogP contribution in [0.3, 0.4) is 0 Å². The molecule has 0 unspecified atom stereocenters. The Hall–Kier alpha value is -1.48. The van der Waals surface area contributed by atoms with Crippen molar-refractivity contribution in [3.8, 4) is 0 Å². The van der Waals surface area contributed by atoms with Crippen LogP contribution in [-0.4, -0.2) is 79.8 Å². The van der Waals surface area contributed by atoms with Gasteiger partial charge in [-0.1, -0.05) is 13.8 Å². The van der Waals surface area contributed by atoms with Gasteiger partial charge in [0.15, 0.2) is 0 Å². The van der Waals surface area contributed by atoms with Gasteiger partial charge in [-0.15, -0.1) is 0 Å². The van der Waals surface area contributed by atoms with Crippen molar-refractivity contribution in [1.29, 1.82) is 0 Å². The Kier molecular flexibility index (Phi) is 8.22. The Morgan fingerprint density at radius 3 is 2.21 bits per heavy atom. The summed E-state index contributed by atoms with van der Waals surface area (Å²) in [4.78, 5) is 17.3. The summed E-state index contributed by atoms with van der Waals surface area (Å²) in [5.74, 6) is -0.0754. The first-order chi connectivity index (χ1) is 13.6. The Morgan fingerprint density at radius 1 is 1.03 bits per heavy atom. The minimum atomic E-state index is -3.48. The van der Waals surface area contributed by atoms with E-state index in [1.165, 1.54) is 4.31 Å². The summed E-state index contributed by atoms with van der Waals surface area (Å²) in [5, 5.41) is 2.88. The second kappa shape index (κ2) is 10.0. The maximum absolute atomic E-state index is 12.5. The SMILES string of the molecule is CCN(CC)S(=O)(=O)c1ccc(NC(=O)CN2CCCN(C(C)(C)C)CC2)cc1. The molecular formula is C21H36N4O3S. The van der Waals surface area contributed by atoms with E-state index in [1.807, 2.05) is 13.8 Å². The number of rotatable bonds is 7. The zero-order valence-electron chi connectivity index (χ0n) is 18.4. The Labute approximate surface area is 176 Å². The maximum Gasteiger partial charge on any atom is 0.243 e. The monoisotopic (exact) mass is 424 g/mol. The van der Waals surface area contributed by atoms with E-state index in [0.29, 0.717) is 25.3 Å². The van der Waals surface area contributed by atoms with Gasteiger partial charge in [0.2, 0.25) is 15.9 Å². The van der Waals surface area contributed by atoms with Crippen molar-refractivity contribution in [3.05, 3.63) is 24.3 Å². The lowest BCUT2D eigenvalue weighted by molar-refractivity contribution is -0.117. The minimum Gasteiger partial charge on any atom is -0.325 e. The molecule has 1 N–H and O–H groups in total. The van der Waals surface area contributed by atoms with E-state index in [9.17, 15) is 13.2 Å². The molecule has 1 aliphatic rings. The van der Waals surface area contributed by atoms with E-state index in [0.717, 1.165) is 32.6 Å². The third-order valence-electron chi connectivity index (χ3n) is 5.39. The van der Waals surface area contributed by atoms with Crippen LogP contribution in [-0.2, 0) is 14.8 Å². The summed E-state index contributed by atoms with van der Waals surface area (Å²) in [6.07, 6.45) is 1.04. The number of hydrogen-bond donors (Lipinski definition) is 1. The van der Waals surface area contributed by atoms with E-state index in [2.05, 4.69) is 35.9 Å². The van der Waals surface area contributed by atoms with Gasteiger partial charge in [-0.3, -0.25) is 14.6 Å². The van der Waals surface area contributed by atoms with Gasteiger partial charge in [0.1, 0.15) is 0 Å². The average molecular weight is 425 g/mol. The van der Waals surface area contributed by atoms with Gasteiger partial charge in [-0.2, -0.15) is 4.31 Å². The lowest BCUT2D eigenvalue weighted by Crippen LogP contribution is -2.44. The number of nitrogens with zero attached hydrogens (tertiary/aromatic N) is 3. The van der Waals surface area contributed by atoms with Crippen LogP contribution in [0, 0.1) is 0 Å². The van der Waals surface area contributed by atoms with Crippen LogP contribution in [0.2, 0.25) is 0 Å². The van der Waals surface area contributed by atoms with Gasteiger partial charge < -0.3 is 5.32 Å². The highest BCUT2D eigenvalue weighted by Crippen LogP contribution is 2.19. The van der Waals surface area contributed by atoms with E-state index in [-0.39, 0.29) is 16.3 Å². The van der Waals surface area contributed by atoms with Crippen LogP contribution in [0.4, 0.5) is 5.69 Å². The van der Waals surface area contributed by atoms with Crippen molar-refractivity contribution in [2.45, 2.75) is 51.5 Å². The Bertz CT molecular complexity index is 768. The molecule has 1 aliphatic heterocycles. The van der Waals surface area contributed by atoms with Crippen LogP contribution in [0.15, 0.2) is 29.2 Å². The van der Waals surface area contributed by atoms with Crippen LogP contribution in [0.1, 0.15) is 41.0 Å². The number of anilines is 1. The molecule has 1 heterocycles. The molecule has 29 heavy (non-hydrogen) atoms. The van der Waals surface area contributed by atoms with Crippen molar-refractivity contribution in [2.75, 3.05) is 51.1 Å². The molecule has 164 valence electrons. The third kappa shape index (κ3) is 6.50. The quantitative estimate of drug-likeness (QED) is 0.728. The predicted molar refractivity (Wildman–Crippen MR) is 118 cm³/mol. The van der Waals surface area contributed by atoms with Crippen molar-refractivity contribution < 1.29 is 13.2 Å². The Balaban J connectivity index is 1.93. The van der Waals surface area contributed by atoms with Crippen molar-refractivity contribution in [2.24, 2.45) is 0 Å². The molecule has 7 nitrogen and oxygen atoms in total. The first kappa shape index (κ1) is 23.8. The highest BCUT2D eigenvalue weighted by atomic mass is 32.2. The molecule has 0 atom stereocenters. The first-order valence-electron chi connectivity index (χ1n) is 10.5. The Morgan fingerprint density at radius 2 is 1.66 bits per heavy atom. The number of hydrogen-bond acceptors (Lipinski definition) is 5. The van der Waals surface area contributed by atoms with Gasteiger partial charge in [-0.25, -0.2) is 8.42 Å². The van der Waals surface area contributed by atoms with Gasteiger partial charge in [-0.05, 0) is 64.5 Å². The fourth-order valence-electron chi connectivity index (χ4n) is 3.63. The van der Waals surface area contributed by atoms with Crippen LogP contribution in [0.5, 0.6) is 0 Å². The van der Waals surface area contributed by atoms with Crippen molar-refractivity contribution >= 4 is 21.6 Å². The normalized spacial score (nSPS) is 17.3. The lowest BCUT2D eigenvalue weighted by atomic mass is 10.1. The first-order valence-corrected chi connectivity index (χ1v) is 11.9. The lowest BCUT2D eigenvalue weighted by Gasteiger charge is -2.34. The number of carbonyl (C=O) groups excluding carboxylic acids is 1. The maximum atomic E-state index is 12.5. The molecule has 1 aromatic rings. The fourth-order valence-corrected chi connectivity index (χ4v) is 5.08. The summed E-state index contributed by atoms with van der Waals surface area (Å²) in [7, 11) is -3.48. The fraction of sp³-hybridized carbons (Fsp3) is 0.667. The van der Waals surface area contributed by atoms with Gasteiger partial charge >= 0.3 is 0 Å². The summed E-state index contributed by atoms with van der Waals surface area (Å²) in [5.41, 5.74) is 0.755. The molecule has 0 aromatic heterocycles. The summed E-state index contributed by atoms with van der Waals surface area (Å²) in [6.45, 7) is 15.3. The van der Waals surface area contributed by atoms with Gasteiger partial charge in [0.25, 0.3) is 0 Å². The zero-order chi connectivity index (χ0) is 21.7. The number of benzene rings is 1. The molecule has 2 rings (SSSR count). The molecule has 0 aliphatic carbocycles. The van der Waals surface area contributed by atoms with Crippen LogP contribution in [0.25, 0.3) is 0 Å². The van der Waals surface area contributed by atoms with Gasteiger partial charge in [0.05, 0.1) is 11.4 Å². The minimum absolute atomic E-state index is 0.0754. The molecule has 0 radical (unpaired) electrons. The van der Waals surface area contributed by atoms with E-state index < -0.39 is 10.0 Å². The number of carbonyl (C=O) groups is 1. The molecule has 1 saturated heterocycles. The number of sulfonamides is 1. The van der Waals surface area contributed by atoms with E-state index in [1.54, 1.807) is 24.3 Å². The molecular weight excluding hydrogens is 388 g/mol. The topological polar surface area (TPSA) is 73.0 Å². The highest BCUT2D eigenvalue weighted by molar-refractivity contribution is 7.89. The smallest absolute Gasteiger partial charge is 0.243 e. The van der Waals surface area contributed by atoms with Crippen LogP contribution < -0.4 is 5.32 Å². The molecule has 0 saturated carbocycles. The summed E-state index contributed by atoms with van der Waals surface area (Å²) in [6, 6.07) is 6.41. The standard InChI is InChI=1S/C21H36N4O3S/c1-6-25(7-2)29(27,28)19-11-9-18(10-12-19)22-20(26)17-23-13-8-14-24(16-15-23)21(3,4)5/h9-12H,6-8,13-17H2,1-5H3,(H,22,26). The van der Waals surface area contributed by atoms with Crippen molar-refractivity contribution in [3.63, 3.8) is 0 Å². The number of amides is 1. The number of nitrogens with one attached hydrogen (secondary N) is 1. The molecule has 0 bridgehead atoms. The predicted octanol–water partition coefficient (Wildman–Crippen LogP) is 2.46. The summed E-state index contributed by atoms with van der Waals surface area (Å²) >= 11 is 0. The van der Waals surface area contributed by atoms with E-state index in [4.69, 9.17) is 0 Å². The average Bonchev–Trinajstić information content (AvgIpc) is 2.88.